The molecule has 1 aliphatic carbocycles. The summed E-state index contributed by atoms with van der Waals surface area (Å²) in [5.41, 5.74) is 5.92. The van der Waals surface area contributed by atoms with Gasteiger partial charge in [0.25, 0.3) is 0 Å². The fraction of sp³-hybridized carbons (Fsp3) is 0.500. The van der Waals surface area contributed by atoms with Crippen LogP contribution in [0, 0.1) is 5.41 Å². The van der Waals surface area contributed by atoms with Crippen LogP contribution < -0.4 is 5.73 Å². The van der Waals surface area contributed by atoms with Gasteiger partial charge in [0.15, 0.2) is 9.84 Å². The molecule has 0 bridgehead atoms. The van der Waals surface area contributed by atoms with Gasteiger partial charge in [0, 0.05) is 23.8 Å². The Labute approximate surface area is 135 Å². The first kappa shape index (κ1) is 16.7. The van der Waals surface area contributed by atoms with Gasteiger partial charge in [0.2, 0.25) is 0 Å². The molecular formula is C14H18ClNO3S2. The summed E-state index contributed by atoms with van der Waals surface area (Å²) < 4.78 is 30.0. The van der Waals surface area contributed by atoms with Crippen LogP contribution in [0.1, 0.15) is 18.4 Å². The van der Waals surface area contributed by atoms with Gasteiger partial charge in [-0.2, -0.15) is 0 Å². The SMILES string of the molecule is CCS(=O)(=O)[C@@H]1[C@@H](c2ccc(Cl)cc2)[C@]1(COC)C(N)=S. The Morgan fingerprint density at radius 1 is 1.43 bits per heavy atom. The molecule has 21 heavy (non-hydrogen) atoms. The summed E-state index contributed by atoms with van der Waals surface area (Å²) in [6.45, 7) is 1.82. The predicted molar refractivity (Wildman–Crippen MR) is 88.5 cm³/mol. The molecule has 3 atom stereocenters. The van der Waals surface area contributed by atoms with Gasteiger partial charge in [-0.15, -0.1) is 0 Å². The highest BCUT2D eigenvalue weighted by Crippen LogP contribution is 2.63. The molecule has 2 N–H and O–H groups in total. The number of thiocarbonyl (C=S) groups is 1. The van der Waals surface area contributed by atoms with Crippen LogP contribution in [0.5, 0.6) is 0 Å². The molecule has 0 saturated heterocycles. The molecule has 0 aliphatic heterocycles. The van der Waals surface area contributed by atoms with Crippen LogP contribution in [-0.4, -0.2) is 38.1 Å². The van der Waals surface area contributed by atoms with Crippen molar-refractivity contribution in [2.24, 2.45) is 11.1 Å². The molecule has 1 saturated carbocycles. The fourth-order valence-corrected chi connectivity index (χ4v) is 5.62. The van der Waals surface area contributed by atoms with E-state index in [0.717, 1.165) is 5.56 Å². The molecule has 1 aromatic rings. The van der Waals surface area contributed by atoms with Crippen molar-refractivity contribution in [1.82, 2.24) is 0 Å². The number of methoxy groups -OCH3 is 1. The van der Waals surface area contributed by atoms with Crippen LogP contribution in [0.3, 0.4) is 0 Å². The third kappa shape index (κ3) is 2.70. The van der Waals surface area contributed by atoms with Crippen molar-refractivity contribution in [2.75, 3.05) is 19.5 Å². The largest absolute Gasteiger partial charge is 0.393 e. The third-order valence-corrected chi connectivity index (χ3v) is 7.02. The molecule has 4 nitrogen and oxygen atoms in total. The van der Waals surface area contributed by atoms with Crippen LogP contribution >= 0.6 is 23.8 Å². The number of hydrogen-bond donors (Lipinski definition) is 1. The lowest BCUT2D eigenvalue weighted by atomic mass is 10.00. The maximum absolute atomic E-state index is 12.4. The molecule has 7 heteroatoms. The zero-order valence-electron chi connectivity index (χ0n) is 11.9. The number of rotatable bonds is 6. The number of halogens is 1. The van der Waals surface area contributed by atoms with E-state index < -0.39 is 20.5 Å². The van der Waals surface area contributed by atoms with Crippen molar-refractivity contribution >= 4 is 38.6 Å². The standard InChI is InChI=1S/C14H18ClNO3S2/c1-3-21(17,18)12-11(9-4-6-10(15)7-5-9)14(12,8-19-2)13(16)20/h4-7,11-12H,3,8H2,1-2H3,(H2,16,20)/t11-,12-,14+/m1/s1. The summed E-state index contributed by atoms with van der Waals surface area (Å²) in [5, 5.41) is -0.0319. The molecule has 116 valence electrons. The summed E-state index contributed by atoms with van der Waals surface area (Å²) in [7, 11) is -1.77. The number of benzene rings is 1. The second-order valence-corrected chi connectivity index (χ2v) is 8.53. The molecule has 0 amide bonds. The average molecular weight is 348 g/mol. The second kappa shape index (κ2) is 5.83. The molecule has 0 unspecified atom stereocenters. The van der Waals surface area contributed by atoms with E-state index in [1.165, 1.54) is 7.11 Å². The van der Waals surface area contributed by atoms with Gasteiger partial charge in [0.05, 0.1) is 22.3 Å². The minimum Gasteiger partial charge on any atom is -0.393 e. The topological polar surface area (TPSA) is 69.4 Å². The Bertz CT molecular complexity index is 645. The lowest BCUT2D eigenvalue weighted by molar-refractivity contribution is 0.166. The van der Waals surface area contributed by atoms with Gasteiger partial charge >= 0.3 is 0 Å². The highest BCUT2D eigenvalue weighted by Gasteiger charge is 2.72. The van der Waals surface area contributed by atoms with Crippen LogP contribution in [0.4, 0.5) is 0 Å². The molecule has 0 aromatic heterocycles. The summed E-state index contributed by atoms with van der Waals surface area (Å²) >= 11 is 11.1. The Hall–Kier alpha value is -0.690. The van der Waals surface area contributed by atoms with Gasteiger partial charge in [-0.1, -0.05) is 42.9 Å². The Kier molecular flexibility index (Phi) is 4.63. The van der Waals surface area contributed by atoms with Gasteiger partial charge in [-0.3, -0.25) is 0 Å². The first-order valence-corrected chi connectivity index (χ1v) is 9.07. The summed E-state index contributed by atoms with van der Waals surface area (Å²) in [5.74, 6) is -0.229. The van der Waals surface area contributed by atoms with Gasteiger partial charge in [-0.25, -0.2) is 8.42 Å². The van der Waals surface area contributed by atoms with E-state index in [1.807, 2.05) is 12.1 Å². The van der Waals surface area contributed by atoms with Crippen molar-refractivity contribution in [1.29, 1.82) is 0 Å². The normalized spacial score (nSPS) is 28.3. The second-order valence-electron chi connectivity index (χ2n) is 5.24. The van der Waals surface area contributed by atoms with Crippen molar-refractivity contribution in [3.05, 3.63) is 34.9 Å². The molecule has 0 heterocycles. The van der Waals surface area contributed by atoms with E-state index in [9.17, 15) is 8.42 Å². The smallest absolute Gasteiger partial charge is 0.154 e. The molecule has 2 rings (SSSR count). The first-order chi connectivity index (χ1) is 9.81. The molecule has 0 spiro atoms. The first-order valence-electron chi connectivity index (χ1n) is 6.57. The Morgan fingerprint density at radius 3 is 2.43 bits per heavy atom. The van der Waals surface area contributed by atoms with E-state index in [-0.39, 0.29) is 23.3 Å². The Balaban J connectivity index is 2.51. The van der Waals surface area contributed by atoms with Crippen molar-refractivity contribution in [3.63, 3.8) is 0 Å². The van der Waals surface area contributed by atoms with Crippen LogP contribution in [0.15, 0.2) is 24.3 Å². The average Bonchev–Trinajstić information content (AvgIpc) is 3.11. The van der Waals surface area contributed by atoms with Crippen LogP contribution in [-0.2, 0) is 14.6 Å². The number of sulfone groups is 1. The molecule has 1 fully saturated rings. The summed E-state index contributed by atoms with van der Waals surface area (Å²) in [4.78, 5) is 0.186. The van der Waals surface area contributed by atoms with E-state index in [0.29, 0.717) is 5.02 Å². The van der Waals surface area contributed by atoms with E-state index in [2.05, 4.69) is 0 Å². The van der Waals surface area contributed by atoms with Crippen molar-refractivity contribution < 1.29 is 13.2 Å². The monoisotopic (exact) mass is 347 g/mol. The predicted octanol–water partition coefficient (Wildman–Crippen LogP) is 2.16. The maximum atomic E-state index is 12.4. The lowest BCUT2D eigenvalue weighted by Crippen LogP contribution is -2.33. The molecular weight excluding hydrogens is 330 g/mol. The fourth-order valence-electron chi connectivity index (χ4n) is 3.03. The highest BCUT2D eigenvalue weighted by atomic mass is 35.5. The zero-order valence-corrected chi connectivity index (χ0v) is 14.3. The van der Waals surface area contributed by atoms with Gasteiger partial charge < -0.3 is 10.5 Å². The minimum absolute atomic E-state index is 0.0514. The number of nitrogens with two attached hydrogens (primary N) is 1. The van der Waals surface area contributed by atoms with Gasteiger partial charge in [-0.05, 0) is 17.7 Å². The van der Waals surface area contributed by atoms with Crippen molar-refractivity contribution in [2.45, 2.75) is 18.1 Å². The van der Waals surface area contributed by atoms with E-state index in [1.54, 1.807) is 19.1 Å². The van der Waals surface area contributed by atoms with E-state index >= 15 is 0 Å². The van der Waals surface area contributed by atoms with Gasteiger partial charge in [0.1, 0.15) is 0 Å². The Morgan fingerprint density at radius 2 is 2.00 bits per heavy atom. The maximum Gasteiger partial charge on any atom is 0.154 e. The summed E-state index contributed by atoms with van der Waals surface area (Å²) in [6, 6.07) is 7.12. The molecule has 1 aliphatic rings. The quantitative estimate of drug-likeness (QED) is 0.798. The number of hydrogen-bond acceptors (Lipinski definition) is 4. The molecule has 0 radical (unpaired) electrons. The third-order valence-electron chi connectivity index (χ3n) is 4.12. The minimum atomic E-state index is -3.29. The number of ether oxygens (including phenoxy) is 1. The van der Waals surface area contributed by atoms with Crippen molar-refractivity contribution in [3.8, 4) is 0 Å². The molecule has 1 aromatic carbocycles. The lowest BCUT2D eigenvalue weighted by Gasteiger charge is -2.15. The summed E-state index contributed by atoms with van der Waals surface area (Å²) in [6.07, 6.45) is 0. The zero-order chi connectivity index (χ0) is 15.8. The van der Waals surface area contributed by atoms with Crippen LogP contribution in [0.25, 0.3) is 0 Å². The highest BCUT2D eigenvalue weighted by molar-refractivity contribution is 7.92. The van der Waals surface area contributed by atoms with E-state index in [4.69, 9.17) is 34.3 Å². The van der Waals surface area contributed by atoms with Crippen LogP contribution in [0.2, 0.25) is 5.02 Å².